The Balaban J connectivity index is 3.40. The predicted octanol–water partition coefficient (Wildman–Crippen LogP) is 2.37. The van der Waals surface area contributed by atoms with E-state index >= 15 is 0 Å². The van der Waals surface area contributed by atoms with Gasteiger partial charge in [-0.2, -0.15) is 0 Å². The molecule has 0 aliphatic carbocycles. The second-order valence-electron chi connectivity index (χ2n) is 3.81. The highest BCUT2D eigenvalue weighted by Crippen LogP contribution is 2.31. The molecule has 0 aliphatic rings. The second kappa shape index (κ2) is 3.58. The topological polar surface area (TPSA) is 29.5 Å². The molecule has 3 heteroatoms. The predicted molar refractivity (Wildman–Crippen MR) is 52.9 cm³/mol. The van der Waals surface area contributed by atoms with Crippen molar-refractivity contribution in [1.82, 2.24) is 0 Å². The molecule has 0 spiro atoms. The van der Waals surface area contributed by atoms with Gasteiger partial charge in [0.2, 0.25) is 0 Å². The van der Waals surface area contributed by atoms with Crippen LogP contribution in [0.15, 0.2) is 12.1 Å². The number of methoxy groups -OCH3 is 1. The first-order valence-corrected chi connectivity index (χ1v) is 4.44. The van der Waals surface area contributed by atoms with Crippen molar-refractivity contribution in [3.8, 4) is 5.75 Å². The van der Waals surface area contributed by atoms with Crippen LogP contribution in [0.4, 0.5) is 4.39 Å². The third kappa shape index (κ3) is 1.87. The van der Waals surface area contributed by atoms with E-state index < -0.39 is 11.4 Å². The molecule has 0 fully saturated rings. The van der Waals surface area contributed by atoms with Crippen LogP contribution < -0.4 is 4.74 Å². The van der Waals surface area contributed by atoms with Gasteiger partial charge in [-0.3, -0.25) is 0 Å². The van der Waals surface area contributed by atoms with Gasteiger partial charge >= 0.3 is 0 Å². The molecule has 1 N–H and O–H groups in total. The van der Waals surface area contributed by atoms with E-state index in [-0.39, 0.29) is 5.56 Å². The van der Waals surface area contributed by atoms with Crippen molar-refractivity contribution in [1.29, 1.82) is 0 Å². The summed E-state index contributed by atoms with van der Waals surface area (Å²) < 4.78 is 18.5. The average Bonchev–Trinajstić information content (AvgIpc) is 2.02. The Kier molecular flexibility index (Phi) is 2.81. The van der Waals surface area contributed by atoms with Gasteiger partial charge in [0.25, 0.3) is 0 Å². The molecule has 2 nitrogen and oxygen atoms in total. The first kappa shape index (κ1) is 11.0. The number of ether oxygens (including phenoxy) is 1. The monoisotopic (exact) mass is 198 g/mol. The fourth-order valence-corrected chi connectivity index (χ4v) is 1.63. The maximum absolute atomic E-state index is 13.4. The maximum atomic E-state index is 13.4. The first-order valence-electron chi connectivity index (χ1n) is 4.44. The van der Waals surface area contributed by atoms with Crippen molar-refractivity contribution < 1.29 is 14.2 Å². The summed E-state index contributed by atoms with van der Waals surface area (Å²) in [4.78, 5) is 0. The van der Waals surface area contributed by atoms with Gasteiger partial charge in [-0.05, 0) is 38.5 Å². The van der Waals surface area contributed by atoms with Gasteiger partial charge in [0.15, 0.2) is 0 Å². The molecule has 0 saturated carbocycles. The van der Waals surface area contributed by atoms with Crippen molar-refractivity contribution in [3.05, 3.63) is 29.1 Å². The molecular weight excluding hydrogens is 183 g/mol. The molecule has 1 aromatic carbocycles. The molecule has 78 valence electrons. The fourth-order valence-electron chi connectivity index (χ4n) is 1.63. The maximum Gasteiger partial charge on any atom is 0.129 e. The normalized spacial score (nSPS) is 11.6. The molecule has 0 aliphatic heterocycles. The third-order valence-corrected chi connectivity index (χ3v) is 2.20. The second-order valence-corrected chi connectivity index (χ2v) is 3.81. The lowest BCUT2D eigenvalue weighted by Gasteiger charge is -2.22. The largest absolute Gasteiger partial charge is 0.496 e. The molecule has 0 heterocycles. The number of rotatable bonds is 2. The Morgan fingerprint density at radius 1 is 1.36 bits per heavy atom. The van der Waals surface area contributed by atoms with E-state index in [0.717, 1.165) is 0 Å². The molecule has 0 saturated heterocycles. The fraction of sp³-hybridized carbons (Fsp3) is 0.455. The number of hydrogen-bond donors (Lipinski definition) is 1. The van der Waals surface area contributed by atoms with Gasteiger partial charge in [0, 0.05) is 5.56 Å². The van der Waals surface area contributed by atoms with Crippen LogP contribution in [0.25, 0.3) is 0 Å². The molecule has 1 aromatic rings. The van der Waals surface area contributed by atoms with Crippen LogP contribution in [-0.2, 0) is 5.60 Å². The summed E-state index contributed by atoms with van der Waals surface area (Å²) in [6, 6.07) is 2.86. The third-order valence-electron chi connectivity index (χ3n) is 2.20. The number of benzene rings is 1. The molecule has 0 unspecified atom stereocenters. The summed E-state index contributed by atoms with van der Waals surface area (Å²) in [6.45, 7) is 4.84. The number of aliphatic hydroxyl groups is 1. The van der Waals surface area contributed by atoms with Crippen LogP contribution in [0.2, 0.25) is 0 Å². The molecule has 0 radical (unpaired) electrons. The Morgan fingerprint density at radius 2 is 1.93 bits per heavy atom. The molecule has 14 heavy (non-hydrogen) atoms. The molecule has 0 aromatic heterocycles. The highest BCUT2D eigenvalue weighted by molar-refractivity contribution is 5.42. The van der Waals surface area contributed by atoms with Crippen LogP contribution in [-0.4, -0.2) is 12.2 Å². The van der Waals surface area contributed by atoms with Gasteiger partial charge in [-0.1, -0.05) is 0 Å². The lowest BCUT2D eigenvalue weighted by molar-refractivity contribution is 0.0735. The Bertz CT molecular complexity index is 340. The van der Waals surface area contributed by atoms with E-state index in [2.05, 4.69) is 0 Å². The van der Waals surface area contributed by atoms with E-state index in [9.17, 15) is 9.50 Å². The standard InChI is InChI=1S/C11H15FO2/c1-7-9(14-4)6-5-8(12)10(7)11(2,3)13/h5-6,13H,1-4H3. The quantitative estimate of drug-likeness (QED) is 0.790. The van der Waals surface area contributed by atoms with Gasteiger partial charge in [-0.15, -0.1) is 0 Å². The van der Waals surface area contributed by atoms with Crippen LogP contribution in [0.1, 0.15) is 25.0 Å². The van der Waals surface area contributed by atoms with Crippen molar-refractivity contribution >= 4 is 0 Å². The van der Waals surface area contributed by atoms with Crippen LogP contribution in [0.3, 0.4) is 0 Å². The van der Waals surface area contributed by atoms with Crippen LogP contribution >= 0.6 is 0 Å². The summed E-state index contributed by atoms with van der Waals surface area (Å²) in [6.07, 6.45) is 0. The van der Waals surface area contributed by atoms with Gasteiger partial charge < -0.3 is 9.84 Å². The van der Waals surface area contributed by atoms with Crippen LogP contribution in [0.5, 0.6) is 5.75 Å². The summed E-state index contributed by atoms with van der Waals surface area (Å²) in [7, 11) is 1.52. The minimum atomic E-state index is -1.19. The summed E-state index contributed by atoms with van der Waals surface area (Å²) in [5.41, 5.74) is -0.264. The smallest absolute Gasteiger partial charge is 0.129 e. The van der Waals surface area contributed by atoms with E-state index in [1.165, 1.54) is 13.2 Å². The van der Waals surface area contributed by atoms with E-state index in [4.69, 9.17) is 4.74 Å². The Labute approximate surface area is 83.3 Å². The van der Waals surface area contributed by atoms with E-state index in [1.807, 2.05) is 0 Å². The highest BCUT2D eigenvalue weighted by Gasteiger charge is 2.24. The van der Waals surface area contributed by atoms with Crippen molar-refractivity contribution in [2.24, 2.45) is 0 Å². The van der Waals surface area contributed by atoms with E-state index in [1.54, 1.807) is 26.8 Å². The zero-order chi connectivity index (χ0) is 10.9. The lowest BCUT2D eigenvalue weighted by Crippen LogP contribution is -2.19. The molecule has 0 amide bonds. The average molecular weight is 198 g/mol. The Morgan fingerprint density at radius 3 is 2.36 bits per heavy atom. The van der Waals surface area contributed by atoms with Gasteiger partial charge in [0.05, 0.1) is 12.7 Å². The molecule has 0 bridgehead atoms. The SMILES string of the molecule is COc1ccc(F)c(C(C)(C)O)c1C. The highest BCUT2D eigenvalue weighted by atomic mass is 19.1. The Hall–Kier alpha value is -1.09. The minimum absolute atomic E-state index is 0.289. The zero-order valence-electron chi connectivity index (χ0n) is 8.89. The molecule has 1 rings (SSSR count). The van der Waals surface area contributed by atoms with Gasteiger partial charge in [0.1, 0.15) is 11.6 Å². The minimum Gasteiger partial charge on any atom is -0.496 e. The number of hydrogen-bond acceptors (Lipinski definition) is 2. The van der Waals surface area contributed by atoms with Crippen molar-refractivity contribution in [2.45, 2.75) is 26.4 Å². The van der Waals surface area contributed by atoms with Gasteiger partial charge in [-0.25, -0.2) is 4.39 Å². The van der Waals surface area contributed by atoms with Crippen molar-refractivity contribution in [2.75, 3.05) is 7.11 Å². The zero-order valence-corrected chi connectivity index (χ0v) is 8.89. The summed E-state index contributed by atoms with van der Waals surface area (Å²) >= 11 is 0. The lowest BCUT2D eigenvalue weighted by atomic mass is 9.93. The van der Waals surface area contributed by atoms with Crippen LogP contribution in [0, 0.1) is 12.7 Å². The molecular formula is C11H15FO2. The van der Waals surface area contributed by atoms with E-state index in [0.29, 0.717) is 11.3 Å². The summed E-state index contributed by atoms with van der Waals surface area (Å²) in [5, 5.41) is 9.78. The molecule has 0 atom stereocenters. The first-order chi connectivity index (χ1) is 6.38. The number of halogens is 1. The summed E-state index contributed by atoms with van der Waals surface area (Å²) in [5.74, 6) is 0.180. The van der Waals surface area contributed by atoms with Crippen molar-refractivity contribution in [3.63, 3.8) is 0 Å².